The summed E-state index contributed by atoms with van der Waals surface area (Å²) in [5, 5.41) is 26.8. The summed E-state index contributed by atoms with van der Waals surface area (Å²) >= 11 is 1.68. The molecule has 0 aliphatic carbocycles. The van der Waals surface area contributed by atoms with Gasteiger partial charge in [-0.25, -0.2) is 0 Å². The highest BCUT2D eigenvalue weighted by Crippen LogP contribution is 2.33. The van der Waals surface area contributed by atoms with Gasteiger partial charge in [-0.3, -0.25) is 0 Å². The van der Waals surface area contributed by atoms with Gasteiger partial charge in [-0.2, -0.15) is 0 Å². The average Bonchev–Trinajstić information content (AvgIpc) is 2.05. The quantitative estimate of drug-likeness (QED) is 0.427. The molecular weight excluding hydrogens is 251 g/mol. The summed E-state index contributed by atoms with van der Waals surface area (Å²) in [5.74, 6) is 0. The van der Waals surface area contributed by atoms with Crippen LogP contribution in [0.25, 0.3) is 0 Å². The third-order valence-electron chi connectivity index (χ3n) is 1.40. The Labute approximate surface area is 72.0 Å². The average molecular weight is 260 g/mol. The summed E-state index contributed by atoms with van der Waals surface area (Å²) in [4.78, 5) is 0. The third kappa shape index (κ3) is 1.79. The zero-order valence-corrected chi connectivity index (χ0v) is 7.35. The minimum absolute atomic E-state index is 0.152. The first-order chi connectivity index (χ1) is 4.55. The Balaban J connectivity index is 2.52. The predicted octanol–water partition coefficient (Wildman–Crippen LogP) is -0.790. The number of rotatable bonds is 1. The molecule has 3 atom stereocenters. The molecule has 1 saturated heterocycles. The van der Waals surface area contributed by atoms with Crippen molar-refractivity contribution in [3.63, 3.8) is 0 Å². The number of aliphatic hydroxyl groups is 3. The van der Waals surface area contributed by atoms with E-state index in [-0.39, 0.29) is 13.0 Å². The number of alkyl halides is 1. The molecule has 60 valence electrons. The van der Waals surface area contributed by atoms with Crippen LogP contribution in [0.15, 0.2) is 0 Å². The maximum atomic E-state index is 9.16. The SMILES string of the molecule is OC[C@H]1O[C@](O)(I)C[C@@H]1O. The Kier molecular flexibility index (Phi) is 2.51. The Bertz CT molecular complexity index is 127. The molecule has 1 heterocycles. The van der Waals surface area contributed by atoms with Crippen LogP contribution in [0.4, 0.5) is 0 Å². The van der Waals surface area contributed by atoms with Crippen molar-refractivity contribution >= 4 is 22.6 Å². The van der Waals surface area contributed by atoms with E-state index in [4.69, 9.17) is 20.1 Å². The van der Waals surface area contributed by atoms with Gasteiger partial charge in [0.15, 0.2) is 0 Å². The summed E-state index contributed by atoms with van der Waals surface area (Å²) in [5.41, 5.74) is 0. The molecule has 0 amide bonds. The number of ether oxygens (including phenoxy) is 1. The highest BCUT2D eigenvalue weighted by Gasteiger charge is 2.42. The van der Waals surface area contributed by atoms with E-state index in [1.807, 2.05) is 0 Å². The van der Waals surface area contributed by atoms with Crippen molar-refractivity contribution in [2.45, 2.75) is 22.4 Å². The van der Waals surface area contributed by atoms with Gasteiger partial charge < -0.3 is 20.1 Å². The lowest BCUT2D eigenvalue weighted by Gasteiger charge is -2.13. The Morgan fingerprint density at radius 1 is 1.70 bits per heavy atom. The van der Waals surface area contributed by atoms with Gasteiger partial charge >= 0.3 is 0 Å². The zero-order chi connectivity index (χ0) is 7.78. The van der Waals surface area contributed by atoms with E-state index in [1.54, 1.807) is 22.6 Å². The van der Waals surface area contributed by atoms with Crippen LogP contribution in [0.3, 0.4) is 0 Å². The smallest absolute Gasteiger partial charge is 0.221 e. The molecular formula is C5H9IO4. The lowest BCUT2D eigenvalue weighted by Crippen LogP contribution is -2.25. The van der Waals surface area contributed by atoms with Crippen LogP contribution in [0.2, 0.25) is 0 Å². The van der Waals surface area contributed by atoms with Crippen molar-refractivity contribution in [3.05, 3.63) is 0 Å². The molecule has 1 rings (SSSR count). The van der Waals surface area contributed by atoms with Gasteiger partial charge in [0.05, 0.1) is 12.7 Å². The Hall–Kier alpha value is 0.570. The summed E-state index contributed by atoms with van der Waals surface area (Å²) in [6, 6.07) is 0. The van der Waals surface area contributed by atoms with Crippen molar-refractivity contribution in [1.29, 1.82) is 0 Å². The normalized spacial score (nSPS) is 48.0. The van der Waals surface area contributed by atoms with E-state index in [2.05, 4.69) is 0 Å². The third-order valence-corrected chi connectivity index (χ3v) is 2.10. The summed E-state index contributed by atoms with van der Waals surface area (Å²) in [7, 11) is 0. The number of hydrogen-bond donors (Lipinski definition) is 3. The maximum absolute atomic E-state index is 9.16. The van der Waals surface area contributed by atoms with Crippen LogP contribution < -0.4 is 0 Å². The summed E-state index contributed by atoms with van der Waals surface area (Å²) in [6.07, 6.45) is -1.24. The molecule has 0 aromatic heterocycles. The van der Waals surface area contributed by atoms with E-state index in [1.165, 1.54) is 0 Å². The first-order valence-electron chi connectivity index (χ1n) is 2.93. The summed E-state index contributed by atoms with van der Waals surface area (Å²) < 4.78 is 3.55. The lowest BCUT2D eigenvalue weighted by molar-refractivity contribution is -0.120. The van der Waals surface area contributed by atoms with Gasteiger partial charge in [0, 0.05) is 6.42 Å². The van der Waals surface area contributed by atoms with Crippen molar-refractivity contribution in [2.75, 3.05) is 6.61 Å². The molecule has 3 N–H and O–H groups in total. The summed E-state index contributed by atoms with van der Waals surface area (Å²) in [6.45, 7) is -0.257. The fourth-order valence-corrected chi connectivity index (χ4v) is 1.68. The van der Waals surface area contributed by atoms with Crippen molar-refractivity contribution < 1.29 is 20.1 Å². The van der Waals surface area contributed by atoms with E-state index in [0.717, 1.165) is 0 Å². The minimum Gasteiger partial charge on any atom is -0.394 e. The van der Waals surface area contributed by atoms with Gasteiger partial charge in [-0.1, -0.05) is 0 Å². The van der Waals surface area contributed by atoms with Crippen molar-refractivity contribution in [3.8, 4) is 0 Å². The molecule has 1 aliphatic rings. The zero-order valence-electron chi connectivity index (χ0n) is 5.20. The highest BCUT2D eigenvalue weighted by molar-refractivity contribution is 14.1. The van der Waals surface area contributed by atoms with Crippen LogP contribution >= 0.6 is 22.6 Å². The fraction of sp³-hybridized carbons (Fsp3) is 1.00. The van der Waals surface area contributed by atoms with Crippen molar-refractivity contribution in [1.82, 2.24) is 0 Å². The van der Waals surface area contributed by atoms with Crippen LogP contribution in [0.5, 0.6) is 0 Å². The molecule has 10 heavy (non-hydrogen) atoms. The van der Waals surface area contributed by atoms with Gasteiger partial charge in [0.1, 0.15) is 6.10 Å². The largest absolute Gasteiger partial charge is 0.394 e. The van der Waals surface area contributed by atoms with Gasteiger partial charge in [0.2, 0.25) is 3.79 Å². The minimum atomic E-state index is -1.30. The molecule has 0 bridgehead atoms. The van der Waals surface area contributed by atoms with E-state index >= 15 is 0 Å². The molecule has 0 unspecified atom stereocenters. The Morgan fingerprint density at radius 3 is 2.50 bits per heavy atom. The van der Waals surface area contributed by atoms with Crippen LogP contribution in [-0.4, -0.2) is 37.9 Å². The molecule has 0 spiro atoms. The van der Waals surface area contributed by atoms with Crippen LogP contribution in [-0.2, 0) is 4.74 Å². The van der Waals surface area contributed by atoms with E-state index in [9.17, 15) is 0 Å². The number of halogens is 1. The van der Waals surface area contributed by atoms with Gasteiger partial charge in [-0.15, -0.1) is 0 Å². The molecule has 1 fully saturated rings. The van der Waals surface area contributed by atoms with E-state index < -0.39 is 16.0 Å². The Morgan fingerprint density at radius 2 is 2.30 bits per heavy atom. The van der Waals surface area contributed by atoms with Crippen LogP contribution in [0, 0.1) is 0 Å². The first kappa shape index (κ1) is 8.66. The standard InChI is InChI=1S/C5H9IO4/c6-5(9)1-3(8)4(2-7)10-5/h3-4,7-9H,1-2H2/t3-,4+,5-/m0/s1. The van der Waals surface area contributed by atoms with Crippen molar-refractivity contribution in [2.24, 2.45) is 0 Å². The monoisotopic (exact) mass is 260 g/mol. The number of hydrogen-bond acceptors (Lipinski definition) is 4. The second-order valence-electron chi connectivity index (χ2n) is 2.30. The topological polar surface area (TPSA) is 69.9 Å². The molecule has 0 radical (unpaired) electrons. The number of aliphatic hydroxyl groups excluding tert-OH is 2. The molecule has 0 saturated carbocycles. The predicted molar refractivity (Wildman–Crippen MR) is 41.6 cm³/mol. The van der Waals surface area contributed by atoms with E-state index in [0.29, 0.717) is 0 Å². The van der Waals surface area contributed by atoms with Gasteiger partial charge in [-0.05, 0) is 22.6 Å². The molecule has 0 aromatic rings. The second-order valence-corrected chi connectivity index (χ2v) is 3.99. The maximum Gasteiger partial charge on any atom is 0.221 e. The molecule has 5 heteroatoms. The lowest BCUT2D eigenvalue weighted by atomic mass is 10.2. The highest BCUT2D eigenvalue weighted by atomic mass is 127. The molecule has 4 nitrogen and oxygen atoms in total. The fourth-order valence-electron chi connectivity index (χ4n) is 0.907. The molecule has 1 aliphatic heterocycles. The van der Waals surface area contributed by atoms with Gasteiger partial charge in [0.25, 0.3) is 0 Å². The second kappa shape index (κ2) is 2.90. The molecule has 0 aromatic carbocycles. The van der Waals surface area contributed by atoms with Crippen LogP contribution in [0.1, 0.15) is 6.42 Å². The first-order valence-corrected chi connectivity index (χ1v) is 4.01.